The summed E-state index contributed by atoms with van der Waals surface area (Å²) in [6, 6.07) is 2.64. The van der Waals surface area contributed by atoms with Crippen molar-refractivity contribution in [2.75, 3.05) is 25.5 Å². The summed E-state index contributed by atoms with van der Waals surface area (Å²) in [5.74, 6) is -0.335. The molecule has 6 nitrogen and oxygen atoms in total. The molecule has 1 aromatic carbocycles. The second kappa shape index (κ2) is 8.91. The van der Waals surface area contributed by atoms with Gasteiger partial charge in [-0.3, -0.25) is 9.48 Å². The Kier molecular flexibility index (Phi) is 7.14. The van der Waals surface area contributed by atoms with Gasteiger partial charge in [0.25, 0.3) is 0 Å². The lowest BCUT2D eigenvalue weighted by Gasteiger charge is -2.11. The Labute approximate surface area is 168 Å². The number of aromatic nitrogens is 2. The zero-order valence-corrected chi connectivity index (χ0v) is 17.2. The predicted molar refractivity (Wildman–Crippen MR) is 104 cm³/mol. The molecule has 10 heteroatoms. The molecule has 0 saturated carbocycles. The number of anilines is 1. The summed E-state index contributed by atoms with van der Waals surface area (Å²) in [6.45, 7) is 2.51. The number of amides is 1. The number of carbonyl (C=O) groups is 1. The fourth-order valence-electron chi connectivity index (χ4n) is 2.05. The highest BCUT2D eigenvalue weighted by atomic mass is 127. The predicted octanol–water partition coefficient (Wildman–Crippen LogP) is 3.48. The number of hydrogen-bond acceptors (Lipinski definition) is 4. The number of nitrogens with zero attached hydrogens (tertiary/aromatic N) is 2. The highest BCUT2D eigenvalue weighted by Crippen LogP contribution is 2.30. The van der Waals surface area contributed by atoms with Gasteiger partial charge in [0.2, 0.25) is 5.91 Å². The minimum absolute atomic E-state index is 0.0671. The van der Waals surface area contributed by atoms with Crippen LogP contribution in [0.3, 0.4) is 0 Å². The van der Waals surface area contributed by atoms with Gasteiger partial charge in [0.1, 0.15) is 21.8 Å². The Morgan fingerprint density at radius 1 is 1.40 bits per heavy atom. The average Bonchev–Trinajstić information content (AvgIpc) is 2.80. The maximum atomic E-state index is 13.8. The third-order valence-electron chi connectivity index (χ3n) is 3.39. The Bertz CT molecular complexity index is 785. The topological polar surface area (TPSA) is 68.2 Å². The standard InChI is InChI=1S/C15H16Cl2FIN4O2/c1-8-14(17)15(19)22-23(8)7-13(24)21-4-3-20-11-6-12(25-2)9(16)5-10(11)18/h5-6,20H,3-4,7H2,1-2H3,(H,21,24). The fraction of sp³-hybridized carbons (Fsp3) is 0.333. The molecule has 0 unspecified atom stereocenters. The first-order valence-electron chi connectivity index (χ1n) is 7.25. The van der Waals surface area contributed by atoms with E-state index in [-0.39, 0.29) is 23.2 Å². The smallest absolute Gasteiger partial charge is 0.241 e. The molecule has 2 rings (SSSR count). The number of benzene rings is 1. The first kappa shape index (κ1) is 20.1. The molecule has 0 aliphatic rings. The molecule has 2 aromatic rings. The maximum absolute atomic E-state index is 13.8. The average molecular weight is 501 g/mol. The number of hydrogen-bond donors (Lipinski definition) is 2. The summed E-state index contributed by atoms with van der Waals surface area (Å²) in [4.78, 5) is 12.0. The lowest BCUT2D eigenvalue weighted by atomic mass is 10.3. The van der Waals surface area contributed by atoms with E-state index in [2.05, 4.69) is 15.7 Å². The van der Waals surface area contributed by atoms with Crippen molar-refractivity contribution in [2.45, 2.75) is 13.5 Å². The van der Waals surface area contributed by atoms with Crippen molar-refractivity contribution in [3.8, 4) is 5.75 Å². The van der Waals surface area contributed by atoms with Crippen LogP contribution < -0.4 is 15.4 Å². The third kappa shape index (κ3) is 5.11. The summed E-state index contributed by atoms with van der Waals surface area (Å²) in [7, 11) is 1.45. The molecule has 0 atom stereocenters. The summed E-state index contributed by atoms with van der Waals surface area (Å²) < 4.78 is 21.0. The van der Waals surface area contributed by atoms with E-state index in [1.165, 1.54) is 23.9 Å². The summed E-state index contributed by atoms with van der Waals surface area (Å²) in [5, 5.41) is 10.5. The third-order valence-corrected chi connectivity index (χ3v) is 5.21. The minimum atomic E-state index is -0.492. The molecule has 0 radical (unpaired) electrons. The molecule has 0 aliphatic carbocycles. The van der Waals surface area contributed by atoms with Crippen LogP contribution >= 0.6 is 45.8 Å². The van der Waals surface area contributed by atoms with Crippen molar-refractivity contribution in [3.63, 3.8) is 0 Å². The summed E-state index contributed by atoms with van der Waals surface area (Å²) in [5.41, 5.74) is 0.981. The van der Waals surface area contributed by atoms with E-state index in [0.717, 1.165) is 5.69 Å². The van der Waals surface area contributed by atoms with E-state index in [4.69, 9.17) is 27.9 Å². The quantitative estimate of drug-likeness (QED) is 0.451. The molecule has 1 heterocycles. The largest absolute Gasteiger partial charge is 0.495 e. The van der Waals surface area contributed by atoms with Gasteiger partial charge in [-0.2, -0.15) is 5.10 Å². The van der Waals surface area contributed by atoms with Gasteiger partial charge in [-0.25, -0.2) is 4.39 Å². The minimum Gasteiger partial charge on any atom is -0.495 e. The van der Waals surface area contributed by atoms with Crippen molar-refractivity contribution >= 4 is 57.4 Å². The molecule has 1 aromatic heterocycles. The number of carbonyl (C=O) groups excluding carboxylic acids is 1. The molecule has 0 fully saturated rings. The van der Waals surface area contributed by atoms with Crippen molar-refractivity contribution in [3.05, 3.63) is 37.4 Å². The number of rotatable bonds is 7. The lowest BCUT2D eigenvalue weighted by molar-refractivity contribution is -0.121. The molecule has 1 amide bonds. The van der Waals surface area contributed by atoms with E-state index < -0.39 is 5.82 Å². The Balaban J connectivity index is 1.83. The van der Waals surface area contributed by atoms with Gasteiger partial charge >= 0.3 is 0 Å². The molecular formula is C15H16Cl2FIN4O2. The summed E-state index contributed by atoms with van der Waals surface area (Å²) >= 11 is 13.9. The van der Waals surface area contributed by atoms with E-state index >= 15 is 0 Å². The van der Waals surface area contributed by atoms with Crippen LogP contribution in [0.4, 0.5) is 10.1 Å². The van der Waals surface area contributed by atoms with E-state index in [1.54, 1.807) is 6.92 Å². The molecule has 0 bridgehead atoms. The highest BCUT2D eigenvalue weighted by Gasteiger charge is 2.13. The van der Waals surface area contributed by atoms with Gasteiger partial charge in [-0.15, -0.1) is 0 Å². The zero-order valence-electron chi connectivity index (χ0n) is 13.5. The van der Waals surface area contributed by atoms with Crippen LogP contribution in [0.25, 0.3) is 0 Å². The van der Waals surface area contributed by atoms with Crippen molar-refractivity contribution < 1.29 is 13.9 Å². The molecule has 0 spiro atoms. The Hall–Kier alpha value is -1.26. The second-order valence-corrected chi connectivity index (χ2v) is 6.90. The van der Waals surface area contributed by atoms with Crippen molar-refractivity contribution in [2.24, 2.45) is 0 Å². The molecule has 0 saturated heterocycles. The first-order chi connectivity index (χ1) is 11.8. The van der Waals surface area contributed by atoms with Gasteiger partial charge in [-0.05, 0) is 35.6 Å². The van der Waals surface area contributed by atoms with Crippen LogP contribution in [0.2, 0.25) is 10.0 Å². The van der Waals surface area contributed by atoms with Crippen LogP contribution in [-0.4, -0.2) is 35.9 Å². The number of methoxy groups -OCH3 is 1. The zero-order chi connectivity index (χ0) is 18.6. The van der Waals surface area contributed by atoms with Crippen LogP contribution in [0.5, 0.6) is 5.75 Å². The van der Waals surface area contributed by atoms with E-state index in [1.807, 2.05) is 22.6 Å². The van der Waals surface area contributed by atoms with Crippen LogP contribution in [0, 0.1) is 16.4 Å². The Morgan fingerprint density at radius 2 is 2.12 bits per heavy atom. The fourth-order valence-corrected chi connectivity index (χ4v) is 3.07. The number of nitrogens with one attached hydrogen (secondary N) is 2. The Morgan fingerprint density at radius 3 is 2.72 bits per heavy atom. The van der Waals surface area contributed by atoms with Crippen molar-refractivity contribution in [1.29, 1.82) is 0 Å². The normalized spacial score (nSPS) is 10.6. The maximum Gasteiger partial charge on any atom is 0.241 e. The highest BCUT2D eigenvalue weighted by molar-refractivity contribution is 14.1. The number of ether oxygens (including phenoxy) is 1. The molecule has 0 aliphatic heterocycles. The van der Waals surface area contributed by atoms with E-state index in [0.29, 0.717) is 27.6 Å². The van der Waals surface area contributed by atoms with E-state index in [9.17, 15) is 9.18 Å². The molecule has 2 N–H and O–H groups in total. The van der Waals surface area contributed by atoms with Crippen LogP contribution in [-0.2, 0) is 11.3 Å². The number of halogens is 4. The molecule has 136 valence electrons. The monoisotopic (exact) mass is 500 g/mol. The van der Waals surface area contributed by atoms with Gasteiger partial charge < -0.3 is 15.4 Å². The van der Waals surface area contributed by atoms with Crippen molar-refractivity contribution in [1.82, 2.24) is 15.1 Å². The molecular weight excluding hydrogens is 485 g/mol. The van der Waals surface area contributed by atoms with Gasteiger partial charge in [-0.1, -0.05) is 23.2 Å². The van der Waals surface area contributed by atoms with Gasteiger partial charge in [0.15, 0.2) is 0 Å². The SMILES string of the molecule is COc1cc(NCCNC(=O)Cn2nc(I)c(Cl)c2C)c(F)cc1Cl. The second-order valence-electron chi connectivity index (χ2n) is 5.09. The lowest BCUT2D eigenvalue weighted by Crippen LogP contribution is -2.32. The van der Waals surface area contributed by atoms with Gasteiger partial charge in [0, 0.05) is 19.2 Å². The van der Waals surface area contributed by atoms with Crippen LogP contribution in [0.1, 0.15) is 5.69 Å². The van der Waals surface area contributed by atoms with Crippen LogP contribution in [0.15, 0.2) is 12.1 Å². The van der Waals surface area contributed by atoms with Gasteiger partial charge in [0.05, 0.1) is 28.5 Å². The first-order valence-corrected chi connectivity index (χ1v) is 9.09. The molecule has 25 heavy (non-hydrogen) atoms. The summed E-state index contributed by atoms with van der Waals surface area (Å²) in [6.07, 6.45) is 0.